The van der Waals surface area contributed by atoms with E-state index in [0.717, 1.165) is 6.26 Å². The summed E-state index contributed by atoms with van der Waals surface area (Å²) in [6, 6.07) is 4.70. The number of hydrogen-bond acceptors (Lipinski definition) is 18. The fourth-order valence-corrected chi connectivity index (χ4v) is 12.1. The number of ether oxygens (including phenoxy) is 6. The van der Waals surface area contributed by atoms with Crippen LogP contribution in [0.4, 0.5) is 4.39 Å². The van der Waals surface area contributed by atoms with Gasteiger partial charge in [-0.25, -0.2) is 17.5 Å². The monoisotopic (exact) mass is 1040 g/mol. The molecule has 19 atom stereocenters. The van der Waals surface area contributed by atoms with Gasteiger partial charge in [-0.15, -0.1) is 5.10 Å². The number of nitrogens with zero attached hydrogens (tertiary/aromatic N) is 5. The van der Waals surface area contributed by atoms with E-state index in [0.29, 0.717) is 37.4 Å². The SMILES string of the molecule is CC[C@H]1OC(=O)[C@H](C)[C@@H](C2C[C@@](C)(OC)[C@@H](O)[C@H](C)O2)[C@H](C)[C@@H](O[C@@H]2O[C@H](C)C[C@H](N(C)CCc3cn(C[C@H](F)COc4ccc(S(C)(=O)=O)cc4)nn3)[C@H]2O)[C@](C)(O)C[C@@H](C)CN(C)[C@H](C)[C@@H](O)[C@]1(C)O. The number of methoxy groups -OCH3 is 1. The maximum absolute atomic E-state index is 15.0. The van der Waals surface area contributed by atoms with E-state index >= 15 is 4.39 Å². The second-order valence-corrected chi connectivity index (χ2v) is 24.1. The Kier molecular flexibility index (Phi) is 20.3. The van der Waals surface area contributed by atoms with Crippen LogP contribution < -0.4 is 4.74 Å². The van der Waals surface area contributed by atoms with Crippen molar-refractivity contribution in [3.05, 3.63) is 36.2 Å². The Morgan fingerprint density at radius 1 is 1.00 bits per heavy atom. The van der Waals surface area contributed by atoms with Crippen molar-refractivity contribution < 1.29 is 71.6 Å². The molecule has 72 heavy (non-hydrogen) atoms. The van der Waals surface area contributed by atoms with Crippen molar-refractivity contribution in [1.29, 1.82) is 0 Å². The van der Waals surface area contributed by atoms with Crippen molar-refractivity contribution in [2.24, 2.45) is 23.7 Å². The van der Waals surface area contributed by atoms with Crippen molar-refractivity contribution >= 4 is 15.8 Å². The summed E-state index contributed by atoms with van der Waals surface area (Å²) in [6.07, 6.45) is -6.09. The van der Waals surface area contributed by atoms with Gasteiger partial charge in [-0.2, -0.15) is 0 Å². The van der Waals surface area contributed by atoms with Crippen LogP contribution in [0, 0.1) is 23.7 Å². The Bertz CT molecular complexity index is 2150. The molecular weight excluding hydrogens is 958 g/mol. The normalized spacial score (nSPS) is 39.7. The van der Waals surface area contributed by atoms with Gasteiger partial charge >= 0.3 is 5.97 Å². The Balaban J connectivity index is 1.39. The largest absolute Gasteiger partial charge is 0.490 e. The minimum Gasteiger partial charge on any atom is -0.490 e. The highest BCUT2D eigenvalue weighted by molar-refractivity contribution is 7.90. The zero-order chi connectivity index (χ0) is 53.8. The lowest BCUT2D eigenvalue weighted by molar-refractivity contribution is -0.302. The van der Waals surface area contributed by atoms with Gasteiger partial charge in [-0.1, -0.05) is 32.9 Å². The molecule has 3 fully saturated rings. The fraction of sp³-hybridized carbons (Fsp3) is 0.824. The number of sulfone groups is 1. The number of likely N-dealkylation sites (N-methyl/N-ethyl adjacent to an activating group) is 2. The molecule has 1 unspecified atom stereocenters. The topological polar surface area (TPSA) is 245 Å². The molecule has 0 aliphatic carbocycles. The highest BCUT2D eigenvalue weighted by Gasteiger charge is 2.55. The molecule has 3 aliphatic rings. The maximum Gasteiger partial charge on any atom is 0.309 e. The molecule has 4 heterocycles. The highest BCUT2D eigenvalue weighted by atomic mass is 32.2. The number of carbonyl (C=O) groups excluding carboxylic acids is 1. The molecule has 0 saturated carbocycles. The fourth-order valence-electron chi connectivity index (χ4n) is 11.4. The van der Waals surface area contributed by atoms with Crippen LogP contribution >= 0.6 is 0 Å². The molecule has 412 valence electrons. The average molecular weight is 1040 g/mol. The van der Waals surface area contributed by atoms with Crippen molar-refractivity contribution in [2.45, 2.75) is 203 Å². The van der Waals surface area contributed by atoms with Crippen molar-refractivity contribution in [2.75, 3.05) is 47.2 Å². The number of aliphatic hydroxyl groups is 5. The van der Waals surface area contributed by atoms with Gasteiger partial charge < -0.3 is 63.8 Å². The summed E-state index contributed by atoms with van der Waals surface area (Å²) in [6.45, 7) is 18.1. The molecule has 1 aromatic carbocycles. The van der Waals surface area contributed by atoms with Crippen molar-refractivity contribution in [1.82, 2.24) is 24.8 Å². The Hall–Kier alpha value is -2.93. The lowest BCUT2D eigenvalue weighted by Crippen LogP contribution is -2.62. The van der Waals surface area contributed by atoms with Crippen molar-refractivity contribution in [3.63, 3.8) is 0 Å². The molecule has 3 aliphatic heterocycles. The zero-order valence-electron chi connectivity index (χ0n) is 44.9. The molecule has 0 spiro atoms. The zero-order valence-corrected chi connectivity index (χ0v) is 45.7. The van der Waals surface area contributed by atoms with E-state index in [1.807, 2.05) is 44.7 Å². The summed E-state index contributed by atoms with van der Waals surface area (Å²) < 4.78 is 77.5. The summed E-state index contributed by atoms with van der Waals surface area (Å²) in [5, 5.41) is 68.3. The highest BCUT2D eigenvalue weighted by Crippen LogP contribution is 2.45. The third-order valence-electron chi connectivity index (χ3n) is 15.8. The van der Waals surface area contributed by atoms with Crippen LogP contribution in [0.25, 0.3) is 0 Å². The summed E-state index contributed by atoms with van der Waals surface area (Å²) in [5.41, 5.74) is -3.94. The number of carbonyl (C=O) groups is 1. The van der Waals surface area contributed by atoms with Crippen LogP contribution in [0.1, 0.15) is 101 Å². The van der Waals surface area contributed by atoms with E-state index in [-0.39, 0.29) is 43.2 Å². The smallest absolute Gasteiger partial charge is 0.309 e. The molecule has 0 radical (unpaired) electrons. The third kappa shape index (κ3) is 14.3. The molecule has 21 heteroatoms. The van der Waals surface area contributed by atoms with Crippen LogP contribution in [-0.2, 0) is 51.3 Å². The Morgan fingerprint density at radius 3 is 2.26 bits per heavy atom. The number of hydrogen-bond donors (Lipinski definition) is 5. The Labute approximate surface area is 426 Å². The van der Waals surface area contributed by atoms with Crippen LogP contribution in [0.2, 0.25) is 0 Å². The van der Waals surface area contributed by atoms with Crippen LogP contribution in [0.5, 0.6) is 5.75 Å². The van der Waals surface area contributed by atoms with Gasteiger partial charge in [0.25, 0.3) is 0 Å². The van der Waals surface area contributed by atoms with Gasteiger partial charge in [0.05, 0.1) is 58.7 Å². The van der Waals surface area contributed by atoms with Crippen LogP contribution in [0.3, 0.4) is 0 Å². The van der Waals surface area contributed by atoms with Gasteiger partial charge in [0.1, 0.15) is 42.4 Å². The Morgan fingerprint density at radius 2 is 1.65 bits per heavy atom. The molecule has 1 aromatic heterocycles. The summed E-state index contributed by atoms with van der Waals surface area (Å²) >= 11 is 0. The minimum atomic E-state index is -3.38. The van der Waals surface area contributed by atoms with Gasteiger partial charge in [0, 0.05) is 63.5 Å². The second-order valence-electron chi connectivity index (χ2n) is 22.1. The maximum atomic E-state index is 15.0. The third-order valence-corrected chi connectivity index (χ3v) is 17.0. The van der Waals surface area contributed by atoms with Gasteiger partial charge in [-0.05, 0) is 111 Å². The summed E-state index contributed by atoms with van der Waals surface area (Å²) in [5.74, 6) is -2.96. The number of benzene rings is 1. The van der Waals surface area contributed by atoms with Crippen LogP contribution in [-0.4, -0.2) is 202 Å². The first-order chi connectivity index (χ1) is 33.4. The quantitative estimate of drug-likeness (QED) is 0.161. The van der Waals surface area contributed by atoms with E-state index in [1.165, 1.54) is 43.0 Å². The average Bonchev–Trinajstić information content (AvgIpc) is 3.76. The first-order valence-corrected chi connectivity index (χ1v) is 27.4. The molecule has 0 bridgehead atoms. The van der Waals surface area contributed by atoms with Gasteiger partial charge in [0.15, 0.2) is 22.3 Å². The predicted octanol–water partition coefficient (Wildman–Crippen LogP) is 3.20. The van der Waals surface area contributed by atoms with E-state index in [4.69, 9.17) is 28.4 Å². The molecule has 5 N–H and O–H groups in total. The molecule has 3 saturated heterocycles. The number of cyclic esters (lactones) is 1. The summed E-state index contributed by atoms with van der Waals surface area (Å²) in [7, 11) is 1.84. The van der Waals surface area contributed by atoms with Gasteiger partial charge in [-0.3, -0.25) is 4.79 Å². The van der Waals surface area contributed by atoms with Crippen LogP contribution in [0.15, 0.2) is 35.4 Å². The van der Waals surface area contributed by atoms with E-state index in [2.05, 4.69) is 10.3 Å². The molecular formula is C51H86FN5O14S. The number of esters is 1. The van der Waals surface area contributed by atoms with E-state index in [9.17, 15) is 38.7 Å². The first kappa shape index (κ1) is 59.9. The number of halogens is 1. The number of aromatic nitrogens is 3. The molecule has 19 nitrogen and oxygen atoms in total. The van der Waals surface area contributed by atoms with Crippen molar-refractivity contribution in [3.8, 4) is 5.75 Å². The van der Waals surface area contributed by atoms with E-state index < -0.39 is 124 Å². The summed E-state index contributed by atoms with van der Waals surface area (Å²) in [4.78, 5) is 18.6. The second kappa shape index (κ2) is 24.4. The number of alkyl halides is 1. The molecule has 0 amide bonds. The molecule has 2 aromatic rings. The van der Waals surface area contributed by atoms with Gasteiger partial charge in [0.2, 0.25) is 0 Å². The number of rotatable bonds is 15. The lowest BCUT2D eigenvalue weighted by Gasteiger charge is -2.51. The predicted molar refractivity (Wildman–Crippen MR) is 265 cm³/mol. The standard InChI is InChI=1S/C51H86FN5O14S/c1-15-41-51(10,63)44(59)33(6)56(12)25-29(2)23-49(8,62)46(31(4)42(32(5)47(61)70-41)40-24-50(9,66-13)45(60)34(7)69-40)71-48-43(58)39(22-30(3)68-48)55(11)21-20-36-27-57(54-53-36)26-35(52)28-67-37-16-18-38(19-17-37)72(14,64)65/h16-19,27,29-35,39-46,48,58-60,62-63H,15,20-26,28H2,1-14H3/t29-,30-,31+,32-,33-,34+,35+,39+,40?,41-,42+,43-,44-,45+,46-,48+,49-,50-,51-/m1/s1. The van der Waals surface area contributed by atoms with E-state index in [1.54, 1.807) is 47.7 Å². The lowest BCUT2D eigenvalue weighted by atomic mass is 9.68. The minimum absolute atomic E-state index is 0.123. The first-order valence-electron chi connectivity index (χ1n) is 25.5. The number of aliphatic hydroxyl groups excluding tert-OH is 3. The molecule has 5 rings (SSSR count).